The van der Waals surface area contributed by atoms with Crippen LogP contribution < -0.4 is 5.73 Å². The van der Waals surface area contributed by atoms with Crippen LogP contribution in [0.3, 0.4) is 0 Å². The number of benzene rings is 1. The normalized spacial score (nSPS) is 19.6. The Kier molecular flexibility index (Phi) is 3.45. The molecule has 1 fully saturated rings. The van der Waals surface area contributed by atoms with Crippen molar-refractivity contribution < 1.29 is 5.11 Å². The molecule has 0 heterocycles. The van der Waals surface area contributed by atoms with E-state index in [1.807, 2.05) is 18.4 Å². The topological polar surface area (TPSA) is 46.2 Å². The van der Waals surface area contributed by atoms with Gasteiger partial charge in [-0.3, -0.25) is 0 Å². The summed E-state index contributed by atoms with van der Waals surface area (Å²) in [5.74, 6) is 0.358. The van der Waals surface area contributed by atoms with Crippen molar-refractivity contribution in [1.29, 1.82) is 0 Å². The van der Waals surface area contributed by atoms with E-state index in [4.69, 9.17) is 5.73 Å². The molecular formula is C13H19NOS. The van der Waals surface area contributed by atoms with E-state index in [-0.39, 0.29) is 5.54 Å². The van der Waals surface area contributed by atoms with Gasteiger partial charge in [-0.1, -0.05) is 25.3 Å². The molecule has 0 aliphatic heterocycles. The number of hydrogen-bond acceptors (Lipinski definition) is 3. The van der Waals surface area contributed by atoms with Crippen LogP contribution in [0.5, 0.6) is 5.75 Å². The SMILES string of the molecule is CSc1cccc(O)c1C1(N)CCCCC1. The summed E-state index contributed by atoms with van der Waals surface area (Å²) in [5.41, 5.74) is 7.13. The Morgan fingerprint density at radius 1 is 1.25 bits per heavy atom. The highest BCUT2D eigenvalue weighted by molar-refractivity contribution is 7.98. The maximum atomic E-state index is 10.0. The molecule has 16 heavy (non-hydrogen) atoms. The molecule has 0 spiro atoms. The first-order valence-corrected chi connectivity index (χ1v) is 7.05. The molecule has 0 radical (unpaired) electrons. The van der Waals surface area contributed by atoms with Gasteiger partial charge in [-0.2, -0.15) is 0 Å². The van der Waals surface area contributed by atoms with Gasteiger partial charge in [-0.05, 0) is 31.2 Å². The predicted molar refractivity (Wildman–Crippen MR) is 68.8 cm³/mol. The smallest absolute Gasteiger partial charge is 0.121 e. The molecule has 0 saturated heterocycles. The van der Waals surface area contributed by atoms with Crippen molar-refractivity contribution in [1.82, 2.24) is 0 Å². The highest BCUT2D eigenvalue weighted by Gasteiger charge is 2.33. The highest BCUT2D eigenvalue weighted by atomic mass is 32.2. The summed E-state index contributed by atoms with van der Waals surface area (Å²) in [6.45, 7) is 0. The molecule has 1 aromatic rings. The van der Waals surface area contributed by atoms with E-state index in [0.29, 0.717) is 5.75 Å². The van der Waals surface area contributed by atoms with Crippen LogP contribution in [0.2, 0.25) is 0 Å². The van der Waals surface area contributed by atoms with Crippen LogP contribution in [-0.2, 0) is 5.54 Å². The fourth-order valence-corrected chi connectivity index (χ4v) is 3.35. The van der Waals surface area contributed by atoms with Gasteiger partial charge in [0, 0.05) is 16.0 Å². The van der Waals surface area contributed by atoms with Gasteiger partial charge in [0.05, 0.1) is 0 Å². The van der Waals surface area contributed by atoms with Gasteiger partial charge in [-0.25, -0.2) is 0 Å². The molecule has 1 aliphatic carbocycles. The highest BCUT2D eigenvalue weighted by Crippen LogP contribution is 2.43. The number of rotatable bonds is 2. The van der Waals surface area contributed by atoms with Crippen molar-refractivity contribution in [3.8, 4) is 5.75 Å². The van der Waals surface area contributed by atoms with Gasteiger partial charge in [-0.15, -0.1) is 11.8 Å². The summed E-state index contributed by atoms with van der Waals surface area (Å²) in [5, 5.41) is 10.0. The molecule has 88 valence electrons. The Balaban J connectivity index is 2.44. The minimum atomic E-state index is -0.318. The Labute approximate surface area is 101 Å². The first kappa shape index (κ1) is 11.8. The zero-order chi connectivity index (χ0) is 11.6. The molecule has 0 amide bonds. The average Bonchev–Trinajstić information content (AvgIpc) is 2.29. The molecule has 1 aromatic carbocycles. The maximum Gasteiger partial charge on any atom is 0.121 e. The first-order chi connectivity index (χ1) is 7.67. The third-order valence-electron chi connectivity index (χ3n) is 3.47. The van der Waals surface area contributed by atoms with Crippen molar-refractivity contribution in [2.24, 2.45) is 5.73 Å². The summed E-state index contributed by atoms with van der Waals surface area (Å²) in [4.78, 5) is 1.12. The molecule has 0 atom stereocenters. The molecule has 0 bridgehead atoms. The van der Waals surface area contributed by atoms with Gasteiger partial charge < -0.3 is 10.8 Å². The molecular weight excluding hydrogens is 218 g/mol. The Bertz CT molecular complexity index is 372. The van der Waals surface area contributed by atoms with Crippen molar-refractivity contribution >= 4 is 11.8 Å². The van der Waals surface area contributed by atoms with Crippen LogP contribution in [0.15, 0.2) is 23.1 Å². The second-order valence-electron chi connectivity index (χ2n) is 4.57. The Hall–Kier alpha value is -0.670. The van der Waals surface area contributed by atoms with Gasteiger partial charge in [0.15, 0.2) is 0 Å². The monoisotopic (exact) mass is 237 g/mol. The average molecular weight is 237 g/mol. The minimum absolute atomic E-state index is 0.318. The number of nitrogens with two attached hydrogens (primary N) is 1. The Morgan fingerprint density at radius 2 is 1.94 bits per heavy atom. The lowest BCUT2D eigenvalue weighted by molar-refractivity contribution is 0.287. The standard InChI is InChI=1S/C13H19NOS/c1-16-11-7-5-6-10(15)12(11)13(14)8-3-2-4-9-13/h5-7,15H,2-4,8-9,14H2,1H3. The largest absolute Gasteiger partial charge is 0.508 e. The summed E-state index contributed by atoms with van der Waals surface area (Å²) >= 11 is 1.66. The summed E-state index contributed by atoms with van der Waals surface area (Å²) in [6.07, 6.45) is 7.60. The summed E-state index contributed by atoms with van der Waals surface area (Å²) in [7, 11) is 0. The van der Waals surface area contributed by atoms with E-state index in [0.717, 1.165) is 23.3 Å². The zero-order valence-electron chi connectivity index (χ0n) is 9.70. The molecule has 3 N–H and O–H groups in total. The van der Waals surface area contributed by atoms with Crippen molar-refractivity contribution in [3.05, 3.63) is 23.8 Å². The summed E-state index contributed by atoms with van der Waals surface area (Å²) in [6, 6.07) is 5.68. The number of phenolic OH excluding ortho intramolecular Hbond substituents is 1. The quantitative estimate of drug-likeness (QED) is 0.776. The number of hydrogen-bond donors (Lipinski definition) is 2. The lowest BCUT2D eigenvalue weighted by Gasteiger charge is -2.35. The summed E-state index contributed by atoms with van der Waals surface area (Å²) < 4.78 is 0. The van der Waals surface area contributed by atoms with Crippen LogP contribution in [0.4, 0.5) is 0 Å². The second-order valence-corrected chi connectivity index (χ2v) is 5.42. The fraction of sp³-hybridized carbons (Fsp3) is 0.538. The van der Waals surface area contributed by atoms with Crippen LogP contribution >= 0.6 is 11.8 Å². The zero-order valence-corrected chi connectivity index (χ0v) is 10.5. The molecule has 1 saturated carbocycles. The van der Waals surface area contributed by atoms with Crippen molar-refractivity contribution in [2.45, 2.75) is 42.5 Å². The maximum absolute atomic E-state index is 10.0. The Morgan fingerprint density at radius 3 is 2.56 bits per heavy atom. The molecule has 0 unspecified atom stereocenters. The molecule has 1 aliphatic rings. The number of thioether (sulfide) groups is 1. The van der Waals surface area contributed by atoms with Crippen molar-refractivity contribution in [2.75, 3.05) is 6.26 Å². The van der Waals surface area contributed by atoms with Gasteiger partial charge in [0.2, 0.25) is 0 Å². The third-order valence-corrected chi connectivity index (χ3v) is 4.25. The van der Waals surface area contributed by atoms with Crippen LogP contribution in [0.1, 0.15) is 37.7 Å². The van der Waals surface area contributed by atoms with E-state index in [2.05, 4.69) is 0 Å². The number of aromatic hydroxyl groups is 1. The lowest BCUT2D eigenvalue weighted by atomic mass is 9.77. The van der Waals surface area contributed by atoms with E-state index in [1.54, 1.807) is 17.8 Å². The third kappa shape index (κ3) is 2.06. The number of phenols is 1. The van der Waals surface area contributed by atoms with Crippen LogP contribution in [-0.4, -0.2) is 11.4 Å². The van der Waals surface area contributed by atoms with Gasteiger partial charge >= 0.3 is 0 Å². The predicted octanol–water partition coefficient (Wildman–Crippen LogP) is 3.23. The minimum Gasteiger partial charge on any atom is -0.508 e. The first-order valence-electron chi connectivity index (χ1n) is 5.83. The molecule has 2 rings (SSSR count). The van der Waals surface area contributed by atoms with Gasteiger partial charge in [0.25, 0.3) is 0 Å². The molecule has 2 nitrogen and oxygen atoms in total. The molecule has 0 aromatic heterocycles. The second kappa shape index (κ2) is 4.68. The van der Waals surface area contributed by atoms with Crippen molar-refractivity contribution in [3.63, 3.8) is 0 Å². The molecule has 3 heteroatoms. The van der Waals surface area contributed by atoms with E-state index in [1.165, 1.54) is 19.3 Å². The lowest BCUT2D eigenvalue weighted by Crippen LogP contribution is -2.39. The van der Waals surface area contributed by atoms with Crippen LogP contribution in [0, 0.1) is 0 Å². The fourth-order valence-electron chi connectivity index (χ4n) is 2.62. The van der Waals surface area contributed by atoms with E-state index >= 15 is 0 Å². The van der Waals surface area contributed by atoms with E-state index < -0.39 is 0 Å². The van der Waals surface area contributed by atoms with Gasteiger partial charge in [0.1, 0.15) is 5.75 Å². The van der Waals surface area contributed by atoms with Crippen LogP contribution in [0.25, 0.3) is 0 Å². The van der Waals surface area contributed by atoms with E-state index in [9.17, 15) is 5.11 Å².